The van der Waals surface area contributed by atoms with Crippen LogP contribution in [0.3, 0.4) is 0 Å². The Morgan fingerprint density at radius 3 is 2.79 bits per heavy atom. The summed E-state index contributed by atoms with van der Waals surface area (Å²) >= 11 is 3.40. The Kier molecular flexibility index (Phi) is 2.87. The molecule has 74 valence electrons. The molecule has 0 N–H and O–H groups in total. The van der Waals surface area contributed by atoms with Gasteiger partial charge in [0.1, 0.15) is 5.76 Å². The van der Waals surface area contributed by atoms with Crippen molar-refractivity contribution in [2.45, 2.75) is 25.7 Å². The third kappa shape index (κ3) is 1.98. The second-order valence-electron chi connectivity index (χ2n) is 3.44. The summed E-state index contributed by atoms with van der Waals surface area (Å²) in [5.41, 5.74) is 1.02. The van der Waals surface area contributed by atoms with Crippen LogP contribution >= 0.6 is 15.9 Å². The summed E-state index contributed by atoms with van der Waals surface area (Å²) in [5, 5.41) is 0. The highest BCUT2D eigenvalue weighted by Crippen LogP contribution is 2.30. The molecule has 1 aromatic heterocycles. The van der Waals surface area contributed by atoms with Gasteiger partial charge in [-0.25, -0.2) is 0 Å². The van der Waals surface area contributed by atoms with Crippen molar-refractivity contribution < 1.29 is 9.21 Å². The van der Waals surface area contributed by atoms with Crippen LogP contribution in [-0.4, -0.2) is 5.78 Å². The van der Waals surface area contributed by atoms with Crippen LogP contribution in [0.2, 0.25) is 0 Å². The third-order valence-corrected chi connectivity index (χ3v) is 2.99. The molecule has 1 heterocycles. The Morgan fingerprint density at radius 1 is 1.29 bits per heavy atom. The summed E-state index contributed by atoms with van der Waals surface area (Å²) < 4.78 is 6.27. The molecule has 0 unspecified atom stereocenters. The minimum Gasteiger partial charge on any atom is -0.463 e. The minimum atomic E-state index is 0.209. The van der Waals surface area contributed by atoms with E-state index in [9.17, 15) is 4.79 Å². The Bertz CT molecular complexity index is 376. The van der Waals surface area contributed by atoms with E-state index in [1.54, 1.807) is 12.3 Å². The van der Waals surface area contributed by atoms with Gasteiger partial charge in [-0.2, -0.15) is 0 Å². The number of ketones is 1. The molecule has 1 aliphatic rings. The first-order valence-electron chi connectivity index (χ1n) is 4.74. The minimum absolute atomic E-state index is 0.209. The summed E-state index contributed by atoms with van der Waals surface area (Å²) in [6.07, 6.45) is 6.99. The number of furan rings is 1. The van der Waals surface area contributed by atoms with Gasteiger partial charge >= 0.3 is 0 Å². The number of hydrogen-bond donors (Lipinski definition) is 0. The van der Waals surface area contributed by atoms with Crippen molar-refractivity contribution in [3.8, 4) is 0 Å². The summed E-state index contributed by atoms with van der Waals surface area (Å²) in [5.74, 6) is 1.01. The molecule has 0 aliphatic heterocycles. The van der Waals surface area contributed by atoms with Gasteiger partial charge in [-0.3, -0.25) is 4.79 Å². The Labute approximate surface area is 91.1 Å². The van der Waals surface area contributed by atoms with Gasteiger partial charge in [-0.1, -0.05) is 0 Å². The van der Waals surface area contributed by atoms with E-state index < -0.39 is 0 Å². The zero-order valence-corrected chi connectivity index (χ0v) is 9.34. The van der Waals surface area contributed by atoms with Gasteiger partial charge in [0.15, 0.2) is 5.78 Å². The quantitative estimate of drug-likeness (QED) is 0.767. The highest BCUT2D eigenvalue weighted by molar-refractivity contribution is 9.10. The average molecular weight is 255 g/mol. The lowest BCUT2D eigenvalue weighted by molar-refractivity contribution is -0.114. The molecule has 2 rings (SSSR count). The first-order chi connectivity index (χ1) is 6.77. The van der Waals surface area contributed by atoms with Crippen molar-refractivity contribution in [3.63, 3.8) is 0 Å². The van der Waals surface area contributed by atoms with E-state index in [0.717, 1.165) is 35.1 Å². The molecule has 3 heteroatoms. The van der Waals surface area contributed by atoms with Gasteiger partial charge < -0.3 is 4.42 Å². The van der Waals surface area contributed by atoms with E-state index in [-0.39, 0.29) is 5.78 Å². The van der Waals surface area contributed by atoms with Crippen molar-refractivity contribution in [3.05, 3.63) is 28.6 Å². The topological polar surface area (TPSA) is 30.2 Å². The molecule has 14 heavy (non-hydrogen) atoms. The van der Waals surface area contributed by atoms with Crippen LogP contribution in [0.1, 0.15) is 31.4 Å². The Morgan fingerprint density at radius 2 is 2.07 bits per heavy atom. The molecule has 0 aromatic carbocycles. The predicted molar refractivity (Wildman–Crippen MR) is 57.9 cm³/mol. The smallest absolute Gasteiger partial charge is 0.156 e. The number of rotatable bonds is 1. The first-order valence-corrected chi connectivity index (χ1v) is 5.53. The van der Waals surface area contributed by atoms with E-state index in [4.69, 9.17) is 4.42 Å². The molecule has 1 aromatic rings. The van der Waals surface area contributed by atoms with Crippen LogP contribution in [0.25, 0.3) is 5.57 Å². The van der Waals surface area contributed by atoms with E-state index in [0.29, 0.717) is 6.42 Å². The van der Waals surface area contributed by atoms with Crippen LogP contribution in [0, 0.1) is 0 Å². The van der Waals surface area contributed by atoms with E-state index in [1.807, 2.05) is 6.07 Å². The number of carbonyl (C=O) groups is 1. The normalized spacial score (nSPS) is 17.8. The second-order valence-corrected chi connectivity index (χ2v) is 4.29. The lowest BCUT2D eigenvalue weighted by Crippen LogP contribution is -1.90. The molecule has 0 radical (unpaired) electrons. The molecule has 0 saturated heterocycles. The van der Waals surface area contributed by atoms with E-state index in [2.05, 4.69) is 15.9 Å². The highest BCUT2D eigenvalue weighted by Gasteiger charge is 2.14. The molecule has 0 atom stereocenters. The average Bonchev–Trinajstić information content (AvgIpc) is 2.45. The zero-order valence-electron chi connectivity index (χ0n) is 7.75. The van der Waals surface area contributed by atoms with Crippen LogP contribution in [0.4, 0.5) is 0 Å². The zero-order chi connectivity index (χ0) is 9.97. The molecule has 1 aliphatic carbocycles. The maximum Gasteiger partial charge on any atom is 0.156 e. The molecule has 0 amide bonds. The van der Waals surface area contributed by atoms with Crippen LogP contribution < -0.4 is 0 Å². The van der Waals surface area contributed by atoms with Gasteiger partial charge in [-0.05, 0) is 52.9 Å². The second kappa shape index (κ2) is 4.13. The monoisotopic (exact) mass is 254 g/mol. The highest BCUT2D eigenvalue weighted by atomic mass is 79.9. The maximum absolute atomic E-state index is 11.4. The fourth-order valence-corrected chi connectivity index (χ4v) is 2.11. The van der Waals surface area contributed by atoms with Gasteiger partial charge in [-0.15, -0.1) is 0 Å². The summed E-state index contributed by atoms with van der Waals surface area (Å²) in [7, 11) is 0. The predicted octanol–water partition coefficient (Wildman–Crippen LogP) is 3.57. The Hall–Kier alpha value is -0.830. The van der Waals surface area contributed by atoms with Gasteiger partial charge in [0, 0.05) is 6.42 Å². The van der Waals surface area contributed by atoms with Crippen molar-refractivity contribution in [2.75, 3.05) is 0 Å². The number of halogens is 1. The summed E-state index contributed by atoms with van der Waals surface area (Å²) in [4.78, 5) is 11.4. The van der Waals surface area contributed by atoms with Crippen molar-refractivity contribution in [2.24, 2.45) is 0 Å². The van der Waals surface area contributed by atoms with Crippen LogP contribution in [0.15, 0.2) is 27.3 Å². The lowest BCUT2D eigenvalue weighted by Gasteiger charge is -2.00. The fourth-order valence-electron chi connectivity index (χ4n) is 1.66. The number of hydrogen-bond acceptors (Lipinski definition) is 2. The van der Waals surface area contributed by atoms with Crippen LogP contribution in [0.5, 0.6) is 0 Å². The Balaban J connectivity index is 2.33. The molecule has 0 spiro atoms. The first kappa shape index (κ1) is 9.71. The molecule has 0 fully saturated rings. The summed E-state index contributed by atoms with van der Waals surface area (Å²) in [6.45, 7) is 0. The SMILES string of the molecule is O=C1C=C(c2occc2Br)CCCC1. The molecular weight excluding hydrogens is 244 g/mol. The number of carbonyl (C=O) groups excluding carboxylic acids is 1. The molecular formula is C11H11BrO2. The molecule has 0 saturated carbocycles. The van der Waals surface area contributed by atoms with Crippen molar-refractivity contribution >= 4 is 27.3 Å². The summed E-state index contributed by atoms with van der Waals surface area (Å²) in [6, 6.07) is 1.85. The van der Waals surface area contributed by atoms with Crippen molar-refractivity contribution in [1.29, 1.82) is 0 Å². The maximum atomic E-state index is 11.4. The largest absolute Gasteiger partial charge is 0.463 e. The van der Waals surface area contributed by atoms with E-state index in [1.165, 1.54) is 0 Å². The number of allylic oxidation sites excluding steroid dienone is 2. The van der Waals surface area contributed by atoms with Gasteiger partial charge in [0.2, 0.25) is 0 Å². The third-order valence-electron chi connectivity index (χ3n) is 2.36. The van der Waals surface area contributed by atoms with Gasteiger partial charge in [0.05, 0.1) is 10.7 Å². The lowest BCUT2D eigenvalue weighted by atomic mass is 10.1. The fraction of sp³-hybridized carbons (Fsp3) is 0.364. The van der Waals surface area contributed by atoms with E-state index >= 15 is 0 Å². The van der Waals surface area contributed by atoms with Crippen molar-refractivity contribution in [1.82, 2.24) is 0 Å². The van der Waals surface area contributed by atoms with Crippen LogP contribution in [-0.2, 0) is 4.79 Å². The van der Waals surface area contributed by atoms with Gasteiger partial charge in [0.25, 0.3) is 0 Å². The standard InChI is InChI=1S/C11H11BrO2/c12-10-5-6-14-11(10)8-3-1-2-4-9(13)7-8/h5-7H,1-4H2. The molecule has 0 bridgehead atoms. The molecule has 2 nitrogen and oxygen atoms in total.